The average Bonchev–Trinajstić information content (AvgIpc) is 2.48. The van der Waals surface area contributed by atoms with Crippen LogP contribution in [0.3, 0.4) is 0 Å². The Morgan fingerprint density at radius 1 is 1.05 bits per heavy atom. The van der Waals surface area contributed by atoms with Gasteiger partial charge in [0.25, 0.3) is 0 Å². The number of halogens is 5. The van der Waals surface area contributed by atoms with E-state index in [1.807, 2.05) is 30.3 Å². The molecule has 0 fully saturated rings. The summed E-state index contributed by atoms with van der Waals surface area (Å²) in [5.74, 6) is -0.188. The van der Waals surface area contributed by atoms with E-state index in [4.69, 9.17) is 11.6 Å². The third-order valence-corrected chi connectivity index (χ3v) is 6.36. The lowest BCUT2D eigenvalue weighted by molar-refractivity contribution is 0.522. The molecule has 0 aromatic heterocycles. The maximum Gasteiger partial charge on any atom is 0.126 e. The summed E-state index contributed by atoms with van der Waals surface area (Å²) in [6, 6.07) is 12.8. The zero-order chi connectivity index (χ0) is 15.5. The monoisotopic (exact) mass is 496 g/mol. The van der Waals surface area contributed by atoms with E-state index in [2.05, 4.69) is 47.8 Å². The van der Waals surface area contributed by atoms with E-state index in [-0.39, 0.29) is 11.2 Å². The van der Waals surface area contributed by atoms with Crippen molar-refractivity contribution in [2.45, 2.75) is 11.8 Å². The van der Waals surface area contributed by atoms with Crippen molar-refractivity contribution in [2.24, 2.45) is 0 Å². The summed E-state index contributed by atoms with van der Waals surface area (Å²) in [6.45, 7) is 0. The summed E-state index contributed by atoms with van der Waals surface area (Å²) in [7, 11) is 0. The topological polar surface area (TPSA) is 0 Å². The third-order valence-electron chi connectivity index (χ3n) is 3.49. The van der Waals surface area contributed by atoms with Crippen molar-refractivity contribution in [2.75, 3.05) is 10.7 Å². The van der Waals surface area contributed by atoms with Gasteiger partial charge in [-0.25, -0.2) is 4.39 Å². The fourth-order valence-corrected chi connectivity index (χ4v) is 4.82. The normalized spacial score (nSPS) is 11.7. The Bertz CT molecular complexity index is 627. The van der Waals surface area contributed by atoms with Crippen LogP contribution < -0.4 is 0 Å². The Morgan fingerprint density at radius 3 is 2.38 bits per heavy atom. The first-order valence-electron chi connectivity index (χ1n) is 6.33. The molecule has 0 N–H and O–H groups in total. The Balaban J connectivity index is 2.45. The maximum absolute atomic E-state index is 14.1. The van der Waals surface area contributed by atoms with E-state index in [0.717, 1.165) is 10.0 Å². The molecule has 0 aliphatic rings. The fourth-order valence-electron chi connectivity index (χ4n) is 2.25. The van der Waals surface area contributed by atoms with E-state index in [1.54, 1.807) is 6.07 Å². The van der Waals surface area contributed by atoms with Crippen molar-refractivity contribution >= 4 is 59.4 Å². The van der Waals surface area contributed by atoms with Crippen molar-refractivity contribution in [3.63, 3.8) is 0 Å². The molecule has 2 rings (SSSR count). The zero-order valence-electron chi connectivity index (χ0n) is 11.1. The van der Waals surface area contributed by atoms with Gasteiger partial charge in [-0.3, -0.25) is 0 Å². The number of rotatable bonds is 5. The molecular formula is C16H13Br3ClF. The lowest BCUT2D eigenvalue weighted by Gasteiger charge is -2.31. The van der Waals surface area contributed by atoms with Crippen LogP contribution in [0.15, 0.2) is 46.9 Å². The lowest BCUT2D eigenvalue weighted by Crippen LogP contribution is -2.33. The van der Waals surface area contributed by atoms with Crippen molar-refractivity contribution in [3.05, 3.63) is 68.9 Å². The summed E-state index contributed by atoms with van der Waals surface area (Å²) in [4.78, 5) is 0. The van der Waals surface area contributed by atoms with Crippen molar-refractivity contribution in [1.82, 2.24) is 0 Å². The highest BCUT2D eigenvalue weighted by Crippen LogP contribution is 2.35. The second kappa shape index (κ2) is 7.58. The van der Waals surface area contributed by atoms with E-state index in [9.17, 15) is 4.39 Å². The van der Waals surface area contributed by atoms with Crippen LogP contribution in [0.5, 0.6) is 0 Å². The average molecular weight is 499 g/mol. The minimum absolute atomic E-state index is 0.188. The highest BCUT2D eigenvalue weighted by atomic mass is 79.9. The molecular weight excluding hydrogens is 486 g/mol. The predicted molar refractivity (Wildman–Crippen MR) is 98.5 cm³/mol. The molecule has 0 aliphatic carbocycles. The summed E-state index contributed by atoms with van der Waals surface area (Å²) < 4.78 is 15.0. The molecule has 112 valence electrons. The first-order valence-corrected chi connectivity index (χ1v) is 9.74. The molecule has 2 aromatic rings. The second-order valence-corrected chi connectivity index (χ2v) is 7.44. The highest BCUT2D eigenvalue weighted by Gasteiger charge is 2.31. The molecule has 0 radical (unpaired) electrons. The molecule has 0 saturated carbocycles. The van der Waals surface area contributed by atoms with Gasteiger partial charge in [-0.05, 0) is 47.9 Å². The van der Waals surface area contributed by atoms with Gasteiger partial charge in [0, 0.05) is 25.6 Å². The quantitative estimate of drug-likeness (QED) is 0.412. The zero-order valence-corrected chi connectivity index (χ0v) is 16.6. The largest absolute Gasteiger partial charge is 0.207 e. The van der Waals surface area contributed by atoms with Crippen LogP contribution in [0, 0.1) is 5.82 Å². The van der Waals surface area contributed by atoms with Gasteiger partial charge in [0.05, 0.1) is 0 Å². The molecule has 0 spiro atoms. The molecule has 0 saturated heterocycles. The molecule has 21 heavy (non-hydrogen) atoms. The minimum atomic E-state index is -0.257. The molecule has 0 aliphatic heterocycles. The van der Waals surface area contributed by atoms with Crippen molar-refractivity contribution in [3.8, 4) is 0 Å². The van der Waals surface area contributed by atoms with Crippen molar-refractivity contribution in [1.29, 1.82) is 0 Å². The van der Waals surface area contributed by atoms with Gasteiger partial charge >= 0.3 is 0 Å². The fraction of sp³-hybridized carbons (Fsp3) is 0.250. The van der Waals surface area contributed by atoms with E-state index >= 15 is 0 Å². The lowest BCUT2D eigenvalue weighted by atomic mass is 9.79. The summed E-state index contributed by atoms with van der Waals surface area (Å²) in [6.07, 6.45) is 0.578. The molecule has 0 unspecified atom stereocenters. The van der Waals surface area contributed by atoms with Gasteiger partial charge in [-0.2, -0.15) is 0 Å². The Morgan fingerprint density at radius 2 is 1.76 bits per heavy atom. The van der Waals surface area contributed by atoms with Gasteiger partial charge in [0.1, 0.15) is 5.82 Å². The van der Waals surface area contributed by atoms with Crippen LogP contribution in [-0.4, -0.2) is 10.7 Å². The molecule has 0 bridgehead atoms. The second-order valence-electron chi connectivity index (χ2n) is 4.97. The van der Waals surface area contributed by atoms with Crippen LogP contribution in [0.25, 0.3) is 0 Å². The molecule has 5 heteroatoms. The van der Waals surface area contributed by atoms with Crippen LogP contribution >= 0.6 is 59.4 Å². The standard InChI is InChI=1S/C16H13Br3ClF/c17-9-16(10-18,12-2-1-3-14(20)7-12)8-11-6-13(19)4-5-15(11)21/h1-7H,8-10H2. The SMILES string of the molecule is Fc1ccc(Br)cc1CC(CBr)(CBr)c1cccc(Cl)c1. The van der Waals surface area contributed by atoms with Gasteiger partial charge in [-0.15, -0.1) is 0 Å². The van der Waals surface area contributed by atoms with E-state index in [1.165, 1.54) is 6.07 Å². The smallest absolute Gasteiger partial charge is 0.126 e. The molecule has 0 atom stereocenters. The Kier molecular flexibility index (Phi) is 6.30. The molecule has 2 aromatic carbocycles. The number of hydrogen-bond donors (Lipinski definition) is 0. The predicted octanol–water partition coefficient (Wildman–Crippen LogP) is 6.51. The van der Waals surface area contributed by atoms with Gasteiger partial charge in [-0.1, -0.05) is 71.5 Å². The molecule has 0 amide bonds. The Labute approximate surface area is 154 Å². The summed E-state index contributed by atoms with van der Waals surface area (Å²) in [5.41, 5.74) is 1.51. The number of hydrogen-bond acceptors (Lipinski definition) is 0. The summed E-state index contributed by atoms with van der Waals surface area (Å²) in [5, 5.41) is 2.10. The minimum Gasteiger partial charge on any atom is -0.207 e. The number of benzene rings is 2. The van der Waals surface area contributed by atoms with Crippen LogP contribution in [0.4, 0.5) is 4.39 Å². The number of alkyl halides is 2. The molecule has 0 nitrogen and oxygen atoms in total. The Hall–Kier alpha value is 0.1000. The van der Waals surface area contributed by atoms with E-state index in [0.29, 0.717) is 27.7 Å². The first kappa shape index (κ1) is 17.5. The summed E-state index contributed by atoms with van der Waals surface area (Å²) >= 11 is 16.7. The first-order chi connectivity index (χ1) is 10.0. The van der Waals surface area contributed by atoms with Crippen molar-refractivity contribution < 1.29 is 4.39 Å². The maximum atomic E-state index is 14.1. The van der Waals surface area contributed by atoms with Gasteiger partial charge in [0.2, 0.25) is 0 Å². The van der Waals surface area contributed by atoms with Crippen LogP contribution in [0.1, 0.15) is 11.1 Å². The highest BCUT2D eigenvalue weighted by molar-refractivity contribution is 9.10. The van der Waals surface area contributed by atoms with Crippen LogP contribution in [0.2, 0.25) is 5.02 Å². The van der Waals surface area contributed by atoms with Crippen LogP contribution in [-0.2, 0) is 11.8 Å². The molecule has 0 heterocycles. The van der Waals surface area contributed by atoms with Gasteiger partial charge < -0.3 is 0 Å². The third kappa shape index (κ3) is 4.10. The van der Waals surface area contributed by atoms with E-state index < -0.39 is 0 Å². The van der Waals surface area contributed by atoms with Gasteiger partial charge in [0.15, 0.2) is 0 Å².